The van der Waals surface area contributed by atoms with E-state index in [1.165, 1.54) is 30.6 Å². The largest absolute Gasteiger partial charge is 0.497 e. The topological polar surface area (TPSA) is 84.8 Å². The molecule has 7 nitrogen and oxygen atoms in total. The van der Waals surface area contributed by atoms with Gasteiger partial charge in [0.2, 0.25) is 5.91 Å². The van der Waals surface area contributed by atoms with Crippen LogP contribution in [0.3, 0.4) is 0 Å². The van der Waals surface area contributed by atoms with E-state index in [4.69, 9.17) is 17.0 Å². The van der Waals surface area contributed by atoms with Gasteiger partial charge in [0.05, 0.1) is 12.8 Å². The zero-order valence-electron chi connectivity index (χ0n) is 16.9. The highest BCUT2D eigenvalue weighted by Gasteiger charge is 2.16. The van der Waals surface area contributed by atoms with Crippen LogP contribution in [0.5, 0.6) is 5.75 Å². The van der Waals surface area contributed by atoms with Crippen LogP contribution < -0.4 is 10.1 Å². The van der Waals surface area contributed by atoms with Crippen molar-refractivity contribution in [2.45, 2.75) is 51.5 Å². The van der Waals surface area contributed by atoms with Gasteiger partial charge in [-0.05, 0) is 62.2 Å². The number of ether oxygens (including phenoxy) is 1. The molecule has 2 N–H and O–H groups in total. The number of amides is 1. The number of H-pyrrole nitrogens is 1. The number of carbonyl (C=O) groups is 1. The standard InChI is InChI=1S/C21H25N5O2S2/c1-28-15-10-8-14(9-11-15)19-24-25-21(29)26(19)13-12-18(27)23-20-22-16-6-4-2-3-5-7-17(16)30-20/h8-11H,2-7,12-13H2,1H3,(H,25,29)(H,22,23,27). The summed E-state index contributed by atoms with van der Waals surface area (Å²) in [5.74, 6) is 1.41. The summed E-state index contributed by atoms with van der Waals surface area (Å²) in [5.41, 5.74) is 2.07. The highest BCUT2D eigenvalue weighted by Crippen LogP contribution is 2.28. The van der Waals surface area contributed by atoms with Crippen LogP contribution in [0.4, 0.5) is 5.13 Å². The van der Waals surface area contributed by atoms with Crippen molar-refractivity contribution in [1.29, 1.82) is 0 Å². The van der Waals surface area contributed by atoms with Gasteiger partial charge < -0.3 is 10.1 Å². The molecule has 3 aromatic rings. The van der Waals surface area contributed by atoms with Gasteiger partial charge in [-0.25, -0.2) is 4.98 Å². The van der Waals surface area contributed by atoms with Crippen molar-refractivity contribution < 1.29 is 9.53 Å². The Balaban J connectivity index is 1.41. The molecular formula is C21H25N5O2S2. The first-order chi connectivity index (χ1) is 14.6. The van der Waals surface area contributed by atoms with Crippen molar-refractivity contribution in [2.24, 2.45) is 0 Å². The van der Waals surface area contributed by atoms with Crippen LogP contribution in [0.25, 0.3) is 11.4 Å². The van der Waals surface area contributed by atoms with Gasteiger partial charge in [-0.15, -0.1) is 11.3 Å². The SMILES string of the molecule is COc1ccc(-c2n[nH]c(=S)n2CCC(=O)Nc2nc3c(s2)CCCCCC3)cc1. The second kappa shape index (κ2) is 9.53. The minimum absolute atomic E-state index is 0.0690. The highest BCUT2D eigenvalue weighted by atomic mass is 32.1. The molecule has 1 aliphatic rings. The fourth-order valence-corrected chi connectivity index (χ4v) is 4.93. The monoisotopic (exact) mass is 443 g/mol. The zero-order chi connectivity index (χ0) is 20.9. The lowest BCUT2D eigenvalue weighted by Crippen LogP contribution is -2.15. The molecule has 0 radical (unpaired) electrons. The van der Waals surface area contributed by atoms with Crippen molar-refractivity contribution >= 4 is 34.6 Å². The summed E-state index contributed by atoms with van der Waals surface area (Å²) in [6, 6.07) is 7.59. The number of methoxy groups -OCH3 is 1. The molecular weight excluding hydrogens is 418 g/mol. The summed E-state index contributed by atoms with van der Waals surface area (Å²) in [6.45, 7) is 0.438. The first-order valence-corrected chi connectivity index (χ1v) is 11.4. The maximum absolute atomic E-state index is 12.6. The van der Waals surface area contributed by atoms with E-state index in [1.54, 1.807) is 18.4 Å². The third kappa shape index (κ3) is 4.79. The lowest BCUT2D eigenvalue weighted by atomic mass is 10.0. The average Bonchev–Trinajstić information content (AvgIpc) is 3.29. The molecule has 0 aliphatic heterocycles. The van der Waals surface area contributed by atoms with Gasteiger partial charge in [0.15, 0.2) is 15.7 Å². The van der Waals surface area contributed by atoms with Gasteiger partial charge in [-0.3, -0.25) is 14.5 Å². The maximum Gasteiger partial charge on any atom is 0.227 e. The van der Waals surface area contributed by atoms with Crippen molar-refractivity contribution in [1.82, 2.24) is 19.7 Å². The van der Waals surface area contributed by atoms with Gasteiger partial charge in [0.25, 0.3) is 0 Å². The minimum Gasteiger partial charge on any atom is -0.497 e. The molecule has 4 rings (SSSR count). The molecule has 1 amide bonds. The molecule has 0 unspecified atom stereocenters. The Bertz CT molecular complexity index is 1040. The normalized spacial score (nSPS) is 13.9. The number of nitrogens with zero attached hydrogens (tertiary/aromatic N) is 3. The number of hydrogen-bond donors (Lipinski definition) is 2. The predicted molar refractivity (Wildman–Crippen MR) is 121 cm³/mol. The summed E-state index contributed by atoms with van der Waals surface area (Å²) < 4.78 is 7.54. The third-order valence-electron chi connectivity index (χ3n) is 5.26. The molecule has 0 saturated carbocycles. The van der Waals surface area contributed by atoms with Crippen molar-refractivity contribution in [3.8, 4) is 17.1 Å². The first kappa shape index (κ1) is 20.7. The summed E-state index contributed by atoms with van der Waals surface area (Å²) in [4.78, 5) is 18.5. The Kier molecular flexibility index (Phi) is 6.59. The number of anilines is 1. The molecule has 0 saturated heterocycles. The van der Waals surface area contributed by atoms with Crippen LogP contribution in [0, 0.1) is 4.77 Å². The van der Waals surface area contributed by atoms with E-state index >= 15 is 0 Å². The molecule has 9 heteroatoms. The molecule has 0 atom stereocenters. The number of aromatic amines is 1. The fraction of sp³-hybridized carbons (Fsp3) is 0.429. The molecule has 0 fully saturated rings. The van der Waals surface area contributed by atoms with Crippen molar-refractivity contribution in [2.75, 3.05) is 12.4 Å². The number of fused-ring (bicyclic) bond motifs is 1. The number of aryl methyl sites for hydroxylation is 2. The summed E-state index contributed by atoms with van der Waals surface area (Å²) >= 11 is 6.98. The number of aromatic nitrogens is 4. The number of rotatable bonds is 6. The first-order valence-electron chi connectivity index (χ1n) is 10.2. The molecule has 1 aliphatic carbocycles. The summed E-state index contributed by atoms with van der Waals surface area (Å²) in [5, 5.41) is 10.8. The van der Waals surface area contributed by atoms with Crippen molar-refractivity contribution in [3.05, 3.63) is 39.6 Å². The smallest absolute Gasteiger partial charge is 0.227 e. The lowest BCUT2D eigenvalue weighted by Gasteiger charge is -2.07. The van der Waals surface area contributed by atoms with Crippen LogP contribution in [-0.4, -0.2) is 32.8 Å². The van der Waals surface area contributed by atoms with E-state index in [9.17, 15) is 4.79 Å². The van der Waals surface area contributed by atoms with E-state index < -0.39 is 0 Å². The molecule has 1 aromatic carbocycles. The highest BCUT2D eigenvalue weighted by molar-refractivity contribution is 7.71. The van der Waals surface area contributed by atoms with E-state index in [0.29, 0.717) is 28.7 Å². The van der Waals surface area contributed by atoms with E-state index in [-0.39, 0.29) is 5.91 Å². The van der Waals surface area contributed by atoms with Crippen LogP contribution in [0.1, 0.15) is 42.7 Å². The summed E-state index contributed by atoms with van der Waals surface area (Å²) in [6.07, 6.45) is 7.30. The van der Waals surface area contributed by atoms with Gasteiger partial charge in [-0.2, -0.15) is 5.10 Å². The van der Waals surface area contributed by atoms with Gasteiger partial charge in [0.1, 0.15) is 5.75 Å². The minimum atomic E-state index is -0.0690. The van der Waals surface area contributed by atoms with Gasteiger partial charge >= 0.3 is 0 Å². The van der Waals surface area contributed by atoms with E-state index in [1.807, 2.05) is 28.8 Å². The van der Waals surface area contributed by atoms with Crippen LogP contribution >= 0.6 is 23.6 Å². The second-order valence-corrected chi connectivity index (χ2v) is 8.80. The Hall–Kier alpha value is -2.52. The summed E-state index contributed by atoms with van der Waals surface area (Å²) in [7, 11) is 1.63. The molecule has 30 heavy (non-hydrogen) atoms. The molecule has 0 bridgehead atoms. The predicted octanol–water partition coefficient (Wildman–Crippen LogP) is 4.76. The van der Waals surface area contributed by atoms with Crippen LogP contribution in [0.15, 0.2) is 24.3 Å². The zero-order valence-corrected chi connectivity index (χ0v) is 18.6. The fourth-order valence-electron chi connectivity index (χ4n) is 3.64. The molecule has 2 aromatic heterocycles. The molecule has 158 valence electrons. The second-order valence-electron chi connectivity index (χ2n) is 7.33. The molecule has 2 heterocycles. The number of carbonyl (C=O) groups excluding carboxylic acids is 1. The average molecular weight is 444 g/mol. The Morgan fingerprint density at radius 1 is 1.23 bits per heavy atom. The van der Waals surface area contributed by atoms with Crippen LogP contribution in [0.2, 0.25) is 0 Å². The van der Waals surface area contributed by atoms with E-state index in [0.717, 1.165) is 29.8 Å². The molecule has 0 spiro atoms. The Morgan fingerprint density at radius 2 is 2.00 bits per heavy atom. The third-order valence-corrected chi connectivity index (χ3v) is 6.65. The number of hydrogen-bond acceptors (Lipinski definition) is 6. The lowest BCUT2D eigenvalue weighted by molar-refractivity contribution is -0.116. The Morgan fingerprint density at radius 3 is 2.77 bits per heavy atom. The Labute approximate surface area is 184 Å². The number of benzene rings is 1. The van der Waals surface area contributed by atoms with Crippen molar-refractivity contribution in [3.63, 3.8) is 0 Å². The van der Waals surface area contributed by atoms with Gasteiger partial charge in [-0.1, -0.05) is 12.8 Å². The maximum atomic E-state index is 12.6. The van der Waals surface area contributed by atoms with E-state index in [2.05, 4.69) is 20.5 Å². The van der Waals surface area contributed by atoms with Gasteiger partial charge in [0, 0.05) is 23.4 Å². The van der Waals surface area contributed by atoms with Crippen LogP contribution in [-0.2, 0) is 24.2 Å². The number of thiazole rings is 1. The quantitative estimate of drug-likeness (QED) is 0.537. The number of nitrogens with one attached hydrogen (secondary N) is 2.